The molecule has 1 aromatic carbocycles. The highest BCUT2D eigenvalue weighted by Gasteiger charge is 2.24. The van der Waals surface area contributed by atoms with Crippen LogP contribution in [0.2, 0.25) is 0 Å². The first kappa shape index (κ1) is 27.3. The SMILES string of the molecule is CCC(/C=N\C(N[C@H]1CC[C@@H](Cc2cc(N3CCCCC3)cc3nccnc23)CC1)=C(/C)CC)=C(C)C. The molecule has 5 heteroatoms. The summed E-state index contributed by atoms with van der Waals surface area (Å²) in [4.78, 5) is 16.9. The lowest BCUT2D eigenvalue weighted by Gasteiger charge is -2.31. The minimum atomic E-state index is 0.498. The fraction of sp³-hybridized carbons (Fsp3) is 0.594. The molecular formula is C32H47N5. The van der Waals surface area contributed by atoms with E-state index in [0.29, 0.717) is 12.0 Å². The molecule has 200 valence electrons. The molecule has 0 unspecified atom stereocenters. The molecule has 5 nitrogen and oxygen atoms in total. The summed E-state index contributed by atoms with van der Waals surface area (Å²) in [7, 11) is 0. The highest BCUT2D eigenvalue weighted by Crippen LogP contribution is 2.32. The number of rotatable bonds is 9. The Morgan fingerprint density at radius 2 is 1.70 bits per heavy atom. The molecule has 0 atom stereocenters. The normalized spacial score (nSPS) is 21.3. The van der Waals surface area contributed by atoms with E-state index in [1.54, 1.807) is 0 Å². The van der Waals surface area contributed by atoms with Gasteiger partial charge in [0.15, 0.2) is 0 Å². The quantitative estimate of drug-likeness (QED) is 0.357. The van der Waals surface area contributed by atoms with Crippen molar-refractivity contribution >= 4 is 22.9 Å². The smallest absolute Gasteiger partial charge is 0.124 e. The van der Waals surface area contributed by atoms with Crippen molar-refractivity contribution in [2.45, 2.75) is 105 Å². The standard InChI is InChI=1S/C32H47N5/c1-6-24(5)32(35-22-26(7-2)23(3)4)36-28-13-11-25(12-14-28)19-27-20-29(37-17-9-8-10-18-37)21-30-31(27)34-16-15-33-30/h15-16,20-22,25,28,36H,6-14,17-19H2,1-5H3/b32-24-,35-22-/t25-,28+. The number of nitrogens with zero attached hydrogens (tertiary/aromatic N) is 4. The zero-order valence-electron chi connectivity index (χ0n) is 23.8. The largest absolute Gasteiger partial charge is 0.371 e. The number of piperidine rings is 1. The van der Waals surface area contributed by atoms with Crippen molar-refractivity contribution in [2.75, 3.05) is 18.0 Å². The van der Waals surface area contributed by atoms with E-state index in [0.717, 1.165) is 49.2 Å². The van der Waals surface area contributed by atoms with Gasteiger partial charge in [0, 0.05) is 43.4 Å². The number of hydrogen-bond acceptors (Lipinski definition) is 5. The summed E-state index contributed by atoms with van der Waals surface area (Å²) in [5.74, 6) is 1.77. The molecule has 0 bridgehead atoms. The molecule has 1 saturated carbocycles. The molecule has 1 aromatic heterocycles. The maximum atomic E-state index is 4.92. The Morgan fingerprint density at radius 3 is 2.38 bits per heavy atom. The summed E-state index contributed by atoms with van der Waals surface area (Å²) in [6.07, 6.45) is 17.7. The summed E-state index contributed by atoms with van der Waals surface area (Å²) in [5, 5.41) is 3.82. The van der Waals surface area contributed by atoms with E-state index in [4.69, 9.17) is 9.98 Å². The van der Waals surface area contributed by atoms with Crippen molar-refractivity contribution in [1.82, 2.24) is 15.3 Å². The van der Waals surface area contributed by atoms with Gasteiger partial charge in [-0.2, -0.15) is 0 Å². The third-order valence-corrected chi connectivity index (χ3v) is 8.36. The van der Waals surface area contributed by atoms with Gasteiger partial charge in [-0.15, -0.1) is 0 Å². The van der Waals surface area contributed by atoms with Crippen LogP contribution < -0.4 is 10.2 Å². The Morgan fingerprint density at radius 1 is 0.973 bits per heavy atom. The van der Waals surface area contributed by atoms with Crippen molar-refractivity contribution in [2.24, 2.45) is 10.9 Å². The number of anilines is 1. The molecule has 37 heavy (non-hydrogen) atoms. The van der Waals surface area contributed by atoms with Crippen LogP contribution in [0.25, 0.3) is 11.0 Å². The molecule has 4 rings (SSSR count). The topological polar surface area (TPSA) is 53.4 Å². The van der Waals surface area contributed by atoms with Crippen LogP contribution in [0.1, 0.15) is 98.0 Å². The van der Waals surface area contributed by atoms with Gasteiger partial charge in [-0.25, -0.2) is 4.99 Å². The third-order valence-electron chi connectivity index (χ3n) is 8.36. The summed E-state index contributed by atoms with van der Waals surface area (Å²) < 4.78 is 0. The summed E-state index contributed by atoms with van der Waals surface area (Å²) in [6.45, 7) is 13.3. The molecule has 2 fully saturated rings. The minimum Gasteiger partial charge on any atom is -0.371 e. The van der Waals surface area contributed by atoms with Crippen LogP contribution >= 0.6 is 0 Å². The molecule has 0 amide bonds. The predicted molar refractivity (Wildman–Crippen MR) is 158 cm³/mol. The number of benzene rings is 1. The molecule has 1 aliphatic heterocycles. The molecule has 2 heterocycles. The Kier molecular flexibility index (Phi) is 9.76. The van der Waals surface area contributed by atoms with E-state index < -0.39 is 0 Å². The average Bonchev–Trinajstić information content (AvgIpc) is 2.93. The highest BCUT2D eigenvalue weighted by molar-refractivity contribution is 5.82. The van der Waals surface area contributed by atoms with Gasteiger partial charge in [-0.3, -0.25) is 9.97 Å². The zero-order chi connectivity index (χ0) is 26.2. The van der Waals surface area contributed by atoms with Crippen LogP contribution in [-0.4, -0.2) is 35.3 Å². The van der Waals surface area contributed by atoms with E-state index >= 15 is 0 Å². The van der Waals surface area contributed by atoms with Crippen molar-refractivity contribution in [3.63, 3.8) is 0 Å². The van der Waals surface area contributed by atoms with Gasteiger partial charge in [0.2, 0.25) is 0 Å². The second-order valence-electron chi connectivity index (χ2n) is 11.3. The lowest BCUT2D eigenvalue weighted by atomic mass is 9.82. The lowest BCUT2D eigenvalue weighted by Crippen LogP contribution is -2.33. The molecule has 1 N–H and O–H groups in total. The molecule has 1 saturated heterocycles. The van der Waals surface area contributed by atoms with Crippen LogP contribution in [0, 0.1) is 5.92 Å². The van der Waals surface area contributed by atoms with Gasteiger partial charge < -0.3 is 10.2 Å². The monoisotopic (exact) mass is 501 g/mol. The van der Waals surface area contributed by atoms with Crippen LogP contribution in [0.4, 0.5) is 5.69 Å². The first-order valence-corrected chi connectivity index (χ1v) is 14.6. The number of nitrogens with one attached hydrogen (secondary N) is 1. The molecule has 2 aromatic rings. The van der Waals surface area contributed by atoms with E-state index in [1.807, 2.05) is 12.4 Å². The summed E-state index contributed by atoms with van der Waals surface area (Å²) in [5.41, 5.74) is 8.86. The van der Waals surface area contributed by atoms with E-state index in [-0.39, 0.29) is 0 Å². The first-order valence-electron chi connectivity index (χ1n) is 14.6. The Bertz CT molecular complexity index is 1130. The highest BCUT2D eigenvalue weighted by atomic mass is 15.1. The van der Waals surface area contributed by atoms with Gasteiger partial charge in [0.05, 0.1) is 11.0 Å². The summed E-state index contributed by atoms with van der Waals surface area (Å²) >= 11 is 0. The maximum Gasteiger partial charge on any atom is 0.124 e. The third kappa shape index (κ3) is 7.21. The zero-order valence-corrected chi connectivity index (χ0v) is 23.8. The molecule has 0 radical (unpaired) electrons. The molecule has 0 spiro atoms. The second-order valence-corrected chi connectivity index (χ2v) is 11.3. The van der Waals surface area contributed by atoms with E-state index in [2.05, 4.69) is 68.2 Å². The molecule has 2 aliphatic rings. The van der Waals surface area contributed by atoms with Crippen molar-refractivity contribution in [3.05, 3.63) is 52.6 Å². The van der Waals surface area contributed by atoms with Crippen LogP contribution in [-0.2, 0) is 6.42 Å². The van der Waals surface area contributed by atoms with E-state index in [9.17, 15) is 0 Å². The Balaban J connectivity index is 1.42. The Labute approximate surface area is 224 Å². The van der Waals surface area contributed by atoms with Gasteiger partial charge >= 0.3 is 0 Å². The van der Waals surface area contributed by atoms with Gasteiger partial charge in [-0.1, -0.05) is 19.4 Å². The Hall–Kier alpha value is -2.69. The second kappa shape index (κ2) is 13.2. The van der Waals surface area contributed by atoms with Crippen LogP contribution in [0.3, 0.4) is 0 Å². The van der Waals surface area contributed by atoms with Gasteiger partial charge in [0.1, 0.15) is 5.82 Å². The number of allylic oxidation sites excluding steroid dienone is 3. The van der Waals surface area contributed by atoms with Crippen molar-refractivity contribution in [1.29, 1.82) is 0 Å². The first-order chi connectivity index (χ1) is 18.0. The van der Waals surface area contributed by atoms with Crippen molar-refractivity contribution in [3.8, 4) is 0 Å². The van der Waals surface area contributed by atoms with E-state index in [1.165, 1.54) is 72.9 Å². The number of aliphatic imine (C=N–C) groups is 1. The number of hydrogen-bond donors (Lipinski definition) is 1. The van der Waals surface area contributed by atoms with Gasteiger partial charge in [0.25, 0.3) is 0 Å². The molecular weight excluding hydrogens is 454 g/mol. The maximum absolute atomic E-state index is 4.92. The summed E-state index contributed by atoms with van der Waals surface area (Å²) in [6, 6.07) is 5.17. The van der Waals surface area contributed by atoms with Gasteiger partial charge in [-0.05, 0) is 120 Å². The molecule has 1 aliphatic carbocycles. The number of aromatic nitrogens is 2. The number of fused-ring (bicyclic) bond motifs is 1. The predicted octanol–water partition coefficient (Wildman–Crippen LogP) is 7.77. The lowest BCUT2D eigenvalue weighted by molar-refractivity contribution is 0.301. The van der Waals surface area contributed by atoms with Crippen LogP contribution in [0.15, 0.2) is 52.1 Å². The average molecular weight is 502 g/mol. The van der Waals surface area contributed by atoms with Crippen molar-refractivity contribution < 1.29 is 0 Å². The van der Waals surface area contributed by atoms with Crippen LogP contribution in [0.5, 0.6) is 0 Å². The minimum absolute atomic E-state index is 0.498. The fourth-order valence-electron chi connectivity index (χ4n) is 5.79. The fourth-order valence-corrected chi connectivity index (χ4v) is 5.79.